The molecule has 2 aromatic heterocycles. The van der Waals surface area contributed by atoms with E-state index in [1.54, 1.807) is 22.2 Å². The monoisotopic (exact) mass is 378 g/mol. The van der Waals surface area contributed by atoms with Gasteiger partial charge in [0.15, 0.2) is 12.2 Å². The van der Waals surface area contributed by atoms with Crippen LogP contribution < -0.4 is 21.5 Å². The van der Waals surface area contributed by atoms with Crippen LogP contribution in [-0.4, -0.2) is 10.8 Å². The van der Waals surface area contributed by atoms with Crippen molar-refractivity contribution in [2.45, 2.75) is 6.54 Å². The third-order valence-electron chi connectivity index (χ3n) is 3.04. The molecule has 0 saturated heterocycles. The van der Waals surface area contributed by atoms with Crippen molar-refractivity contribution >= 4 is 17.1 Å². The van der Waals surface area contributed by atoms with Crippen molar-refractivity contribution in [3.8, 4) is 10.6 Å². The van der Waals surface area contributed by atoms with Gasteiger partial charge in [0.25, 0.3) is 6.33 Å². The summed E-state index contributed by atoms with van der Waals surface area (Å²) in [5, 5.41) is 2.00. The van der Waals surface area contributed by atoms with Crippen LogP contribution in [0.15, 0.2) is 60.4 Å². The highest BCUT2D eigenvalue weighted by molar-refractivity contribution is 7.13. The lowest BCUT2D eigenvalue weighted by atomic mass is 10.1. The van der Waals surface area contributed by atoms with Crippen molar-refractivity contribution in [1.82, 2.24) is 4.98 Å². The molecule has 0 amide bonds. The van der Waals surface area contributed by atoms with E-state index in [4.69, 9.17) is 0 Å². The molecule has 3 nitrogen and oxygen atoms in total. The Labute approximate surface area is 141 Å². The fourth-order valence-electron chi connectivity index (χ4n) is 1.94. The number of aromatic nitrogens is 2. The number of carbonyl (C=O) groups excluding carboxylic acids is 1. The Morgan fingerprint density at radius 2 is 1.95 bits per heavy atom. The van der Waals surface area contributed by atoms with Gasteiger partial charge < -0.3 is 17.0 Å². The van der Waals surface area contributed by atoms with Gasteiger partial charge in [-0.3, -0.25) is 4.79 Å². The first kappa shape index (κ1) is 16.5. The van der Waals surface area contributed by atoms with Crippen LogP contribution in [-0.2, 0) is 6.54 Å². The largest absolute Gasteiger partial charge is 1.00 e. The van der Waals surface area contributed by atoms with Gasteiger partial charge in [0.1, 0.15) is 5.82 Å². The zero-order valence-electron chi connectivity index (χ0n) is 11.4. The molecule has 0 N–H and O–H groups in total. The fraction of sp³-hybridized carbons (Fsp3) is 0.0625. The van der Waals surface area contributed by atoms with E-state index in [9.17, 15) is 9.18 Å². The molecule has 0 aliphatic carbocycles. The molecule has 3 rings (SSSR count). The first-order valence-electron chi connectivity index (χ1n) is 6.40. The van der Waals surface area contributed by atoms with E-state index in [1.807, 2.05) is 29.8 Å². The quantitative estimate of drug-likeness (QED) is 0.477. The number of ketones is 1. The lowest BCUT2D eigenvalue weighted by molar-refractivity contribution is -0.686. The van der Waals surface area contributed by atoms with Gasteiger partial charge in [-0.2, -0.15) is 0 Å². The smallest absolute Gasteiger partial charge is 0.287 e. The van der Waals surface area contributed by atoms with E-state index in [-0.39, 0.29) is 35.1 Å². The first-order chi connectivity index (χ1) is 10.2. The average Bonchev–Trinajstić information content (AvgIpc) is 3.03. The van der Waals surface area contributed by atoms with Crippen LogP contribution in [0.4, 0.5) is 4.39 Å². The highest BCUT2D eigenvalue weighted by atomic mass is 79.9. The van der Waals surface area contributed by atoms with Gasteiger partial charge in [-0.25, -0.2) is 8.96 Å². The number of rotatable bonds is 4. The maximum atomic E-state index is 12.8. The number of carbonyl (C=O) groups is 1. The van der Waals surface area contributed by atoms with Crippen molar-refractivity contribution in [2.24, 2.45) is 0 Å². The van der Waals surface area contributed by atoms with Crippen molar-refractivity contribution in [3.05, 3.63) is 71.7 Å². The van der Waals surface area contributed by atoms with E-state index in [0.29, 0.717) is 5.56 Å². The molecule has 0 atom stereocenters. The molecule has 6 heteroatoms. The Morgan fingerprint density at radius 3 is 2.55 bits per heavy atom. The highest BCUT2D eigenvalue weighted by Crippen LogP contribution is 2.20. The van der Waals surface area contributed by atoms with Crippen molar-refractivity contribution < 1.29 is 30.7 Å². The number of thiophene rings is 1. The molecule has 3 aromatic rings. The van der Waals surface area contributed by atoms with Gasteiger partial charge in [-0.15, -0.1) is 11.3 Å². The van der Waals surface area contributed by atoms with Gasteiger partial charge in [-0.1, -0.05) is 6.07 Å². The minimum Gasteiger partial charge on any atom is -1.00 e. The summed E-state index contributed by atoms with van der Waals surface area (Å²) in [6.07, 6.45) is 3.46. The van der Waals surface area contributed by atoms with Crippen LogP contribution in [0.5, 0.6) is 0 Å². The van der Waals surface area contributed by atoms with Gasteiger partial charge in [0, 0.05) is 11.6 Å². The second-order valence-electron chi connectivity index (χ2n) is 4.53. The van der Waals surface area contributed by atoms with Crippen LogP contribution in [0.1, 0.15) is 10.4 Å². The third kappa shape index (κ3) is 3.84. The zero-order valence-corrected chi connectivity index (χ0v) is 13.8. The Balaban J connectivity index is 0.00000176. The third-order valence-corrected chi connectivity index (χ3v) is 3.93. The van der Waals surface area contributed by atoms with Crippen LogP contribution in [0.2, 0.25) is 0 Å². The number of hydrogen-bond acceptors (Lipinski definition) is 3. The maximum Gasteiger partial charge on any atom is 0.287 e. The normalized spacial score (nSPS) is 10.0. The van der Waals surface area contributed by atoms with Crippen LogP contribution in [0.25, 0.3) is 10.6 Å². The van der Waals surface area contributed by atoms with E-state index in [1.165, 1.54) is 24.3 Å². The number of hydrogen-bond donors (Lipinski definition) is 0. The number of benzene rings is 1. The Kier molecular flexibility index (Phi) is 5.51. The number of nitrogens with zero attached hydrogens (tertiary/aromatic N) is 2. The fourth-order valence-corrected chi connectivity index (χ4v) is 2.64. The minimum absolute atomic E-state index is 0. The van der Waals surface area contributed by atoms with E-state index in [2.05, 4.69) is 4.98 Å². The summed E-state index contributed by atoms with van der Waals surface area (Å²) in [7, 11) is 0. The summed E-state index contributed by atoms with van der Waals surface area (Å²) in [5.41, 5.74) is 1.38. The van der Waals surface area contributed by atoms with Crippen molar-refractivity contribution in [2.75, 3.05) is 0 Å². The van der Waals surface area contributed by atoms with Crippen LogP contribution in [0, 0.1) is 5.82 Å². The van der Waals surface area contributed by atoms with Gasteiger partial charge in [0.05, 0.1) is 11.1 Å². The predicted molar refractivity (Wildman–Crippen MR) is 78.5 cm³/mol. The minimum atomic E-state index is -0.346. The van der Waals surface area contributed by atoms with Gasteiger partial charge in [-0.05, 0) is 40.7 Å². The lowest BCUT2D eigenvalue weighted by Crippen LogP contribution is -3.00. The Hall–Kier alpha value is -1.92. The first-order valence-corrected chi connectivity index (χ1v) is 7.28. The molecular weight excluding hydrogens is 367 g/mol. The summed E-state index contributed by atoms with van der Waals surface area (Å²) >= 11 is 1.62. The Morgan fingerprint density at radius 1 is 1.18 bits per heavy atom. The molecule has 1 aromatic carbocycles. The molecule has 0 saturated carbocycles. The summed E-state index contributed by atoms with van der Waals surface area (Å²) in [6.45, 7) is 0.184. The van der Waals surface area contributed by atoms with Crippen molar-refractivity contribution in [1.29, 1.82) is 0 Å². The summed E-state index contributed by atoms with van der Waals surface area (Å²) < 4.78 is 14.5. The predicted octanol–water partition coefficient (Wildman–Crippen LogP) is 0.124. The average molecular weight is 379 g/mol. The number of Topliss-reactive ketones (excluding diaryl/α,β-unsaturated/α-hetero) is 1. The molecule has 2 heterocycles. The van der Waals surface area contributed by atoms with E-state index in [0.717, 1.165) is 10.6 Å². The molecule has 0 unspecified atom stereocenters. The van der Waals surface area contributed by atoms with Gasteiger partial charge in [0.2, 0.25) is 5.78 Å². The second-order valence-corrected chi connectivity index (χ2v) is 5.47. The van der Waals surface area contributed by atoms with Crippen molar-refractivity contribution in [3.63, 3.8) is 0 Å². The standard InChI is InChI=1S/C16H12FN2OS.BrH/c17-13-5-3-12(4-6-13)15(20)10-19-8-7-14(18-11-19)16-2-1-9-21-16;/h1-9,11H,10H2;1H/q+1;/p-1. The SMILES string of the molecule is O=C(C[n+]1ccc(-c2cccs2)nc1)c1ccc(F)cc1.[Br-]. The molecule has 0 aliphatic rings. The molecule has 0 spiro atoms. The zero-order chi connectivity index (χ0) is 14.7. The molecule has 22 heavy (non-hydrogen) atoms. The molecular formula is C16H12BrFN2OS. The topological polar surface area (TPSA) is 33.8 Å². The molecule has 0 radical (unpaired) electrons. The van der Waals surface area contributed by atoms with E-state index < -0.39 is 0 Å². The molecule has 0 aliphatic heterocycles. The maximum absolute atomic E-state index is 12.8. The van der Waals surface area contributed by atoms with E-state index >= 15 is 0 Å². The summed E-state index contributed by atoms with van der Waals surface area (Å²) in [6, 6.07) is 11.4. The number of halogens is 2. The second kappa shape index (κ2) is 7.38. The Bertz CT molecular complexity index is 743. The highest BCUT2D eigenvalue weighted by Gasteiger charge is 2.12. The summed E-state index contributed by atoms with van der Waals surface area (Å²) in [5.74, 6) is -0.424. The molecule has 0 fully saturated rings. The molecule has 0 bridgehead atoms. The van der Waals surface area contributed by atoms with Crippen LogP contribution >= 0.6 is 11.3 Å². The van der Waals surface area contributed by atoms with Gasteiger partial charge >= 0.3 is 0 Å². The summed E-state index contributed by atoms with van der Waals surface area (Å²) in [4.78, 5) is 17.5. The molecule has 112 valence electrons. The van der Waals surface area contributed by atoms with Crippen LogP contribution in [0.3, 0.4) is 0 Å². The lowest BCUT2D eigenvalue weighted by Gasteiger charge is -2.00.